The molecule has 0 spiro atoms. The quantitative estimate of drug-likeness (QED) is 0.519. The molecule has 0 aromatic rings. The fourth-order valence-corrected chi connectivity index (χ4v) is 1.52. The fourth-order valence-electron chi connectivity index (χ4n) is 1.52. The van der Waals surface area contributed by atoms with Crippen LogP contribution in [0.25, 0.3) is 0 Å². The van der Waals surface area contributed by atoms with Crippen LogP contribution in [-0.4, -0.2) is 17.1 Å². The summed E-state index contributed by atoms with van der Waals surface area (Å²) in [5, 5.41) is 8.31. The Labute approximate surface area is 71.9 Å². The molecule has 0 aliphatic heterocycles. The Morgan fingerprint density at radius 1 is 1.50 bits per heavy atom. The predicted octanol–water partition coefficient (Wildman–Crippen LogP) is 0.592. The van der Waals surface area contributed by atoms with Crippen LogP contribution < -0.4 is 5.73 Å². The second-order valence-electron chi connectivity index (χ2n) is 3.20. The first-order chi connectivity index (χ1) is 5.68. The summed E-state index contributed by atoms with van der Waals surface area (Å²) >= 11 is 0. The third-order valence-corrected chi connectivity index (χ3v) is 2.10. The maximum Gasteiger partial charge on any atom is 0.381 e. The average Bonchev–Trinajstić information content (AvgIpc) is 2.01. The van der Waals surface area contributed by atoms with E-state index in [0.717, 1.165) is 25.7 Å². The van der Waals surface area contributed by atoms with Gasteiger partial charge in [-0.1, -0.05) is 12.3 Å². The Morgan fingerprint density at radius 2 is 2.25 bits per heavy atom. The highest BCUT2D eigenvalue weighted by Gasteiger charge is 2.16. The fraction of sp³-hybridized carbons (Fsp3) is 0.667. The van der Waals surface area contributed by atoms with Crippen molar-refractivity contribution >= 4 is 5.97 Å². The highest BCUT2D eigenvalue weighted by Crippen LogP contribution is 2.21. The van der Waals surface area contributed by atoms with Crippen LogP contribution in [0.5, 0.6) is 0 Å². The molecule has 3 nitrogen and oxygen atoms in total. The zero-order valence-corrected chi connectivity index (χ0v) is 6.92. The Balaban J connectivity index is 2.43. The van der Waals surface area contributed by atoms with Crippen LogP contribution in [0.1, 0.15) is 25.7 Å². The summed E-state index contributed by atoms with van der Waals surface area (Å²) in [5.74, 6) is 4.02. The summed E-state index contributed by atoms with van der Waals surface area (Å²) in [6.07, 6.45) is 3.96. The van der Waals surface area contributed by atoms with Crippen molar-refractivity contribution in [1.82, 2.24) is 0 Å². The van der Waals surface area contributed by atoms with Crippen molar-refractivity contribution < 1.29 is 9.90 Å². The van der Waals surface area contributed by atoms with Gasteiger partial charge in [0, 0.05) is 17.9 Å². The van der Waals surface area contributed by atoms with Gasteiger partial charge >= 0.3 is 5.97 Å². The molecule has 12 heavy (non-hydrogen) atoms. The smallest absolute Gasteiger partial charge is 0.381 e. The molecule has 0 amide bonds. The van der Waals surface area contributed by atoms with Crippen LogP contribution in [0.3, 0.4) is 0 Å². The van der Waals surface area contributed by atoms with E-state index in [1.165, 1.54) is 0 Å². The van der Waals surface area contributed by atoms with Crippen molar-refractivity contribution in [2.75, 3.05) is 0 Å². The number of rotatable bonds is 0. The van der Waals surface area contributed by atoms with E-state index in [2.05, 4.69) is 11.8 Å². The molecule has 0 saturated heterocycles. The average molecular weight is 167 g/mol. The van der Waals surface area contributed by atoms with Crippen molar-refractivity contribution in [3.63, 3.8) is 0 Å². The summed E-state index contributed by atoms with van der Waals surface area (Å²) in [7, 11) is 0. The van der Waals surface area contributed by atoms with Crippen LogP contribution in [0.4, 0.5) is 0 Å². The van der Waals surface area contributed by atoms with Crippen LogP contribution >= 0.6 is 0 Å². The van der Waals surface area contributed by atoms with Gasteiger partial charge in [0.15, 0.2) is 0 Å². The van der Waals surface area contributed by atoms with Gasteiger partial charge in [0.1, 0.15) is 0 Å². The van der Waals surface area contributed by atoms with Gasteiger partial charge in [-0.25, -0.2) is 4.79 Å². The molecule has 0 heterocycles. The van der Waals surface area contributed by atoms with Gasteiger partial charge in [0.25, 0.3) is 0 Å². The monoisotopic (exact) mass is 167 g/mol. The molecular formula is C9H13NO2. The van der Waals surface area contributed by atoms with E-state index in [1.807, 2.05) is 0 Å². The Bertz CT molecular complexity index is 226. The summed E-state index contributed by atoms with van der Waals surface area (Å²) in [6, 6.07) is 0.215. The second kappa shape index (κ2) is 4.13. The van der Waals surface area contributed by atoms with E-state index in [9.17, 15) is 4.79 Å². The second-order valence-corrected chi connectivity index (χ2v) is 3.20. The lowest BCUT2D eigenvalue weighted by Crippen LogP contribution is -2.27. The minimum absolute atomic E-state index is 0.199. The van der Waals surface area contributed by atoms with Crippen molar-refractivity contribution in [3.8, 4) is 11.8 Å². The lowest BCUT2D eigenvalue weighted by atomic mass is 9.87. The number of nitrogens with two attached hydrogens (primary N) is 1. The van der Waals surface area contributed by atoms with Gasteiger partial charge in [-0.3, -0.25) is 0 Å². The molecule has 66 valence electrons. The normalized spacial score (nSPS) is 28.8. The summed E-state index contributed by atoms with van der Waals surface area (Å²) in [5.41, 5.74) is 5.72. The molecule has 1 aliphatic rings. The molecule has 3 heteroatoms. The number of aliphatic carboxylic acids is 1. The van der Waals surface area contributed by atoms with Crippen LogP contribution in [-0.2, 0) is 4.79 Å². The number of carbonyl (C=O) groups is 1. The van der Waals surface area contributed by atoms with Crippen LogP contribution in [0.15, 0.2) is 0 Å². The highest BCUT2D eigenvalue weighted by molar-refractivity contribution is 5.86. The SMILES string of the molecule is N[C@@H]1CCC[C@H](C#CC(=O)O)C1. The molecule has 1 aliphatic carbocycles. The first-order valence-electron chi connectivity index (χ1n) is 4.18. The molecule has 0 unspecified atom stereocenters. The van der Waals surface area contributed by atoms with E-state index in [0.29, 0.717) is 0 Å². The minimum Gasteiger partial charge on any atom is -0.472 e. The standard InChI is InChI=1S/C9H13NO2/c10-8-3-1-2-7(6-8)4-5-9(11)12/h7-8H,1-3,6,10H2,(H,11,12)/t7-,8-/m1/s1. The molecule has 1 rings (SSSR count). The molecule has 1 saturated carbocycles. The molecule has 0 aromatic carbocycles. The van der Waals surface area contributed by atoms with E-state index < -0.39 is 5.97 Å². The third kappa shape index (κ3) is 2.93. The maximum atomic E-state index is 10.1. The summed E-state index contributed by atoms with van der Waals surface area (Å²) in [6.45, 7) is 0. The zero-order valence-electron chi connectivity index (χ0n) is 6.92. The van der Waals surface area contributed by atoms with E-state index >= 15 is 0 Å². The first kappa shape index (κ1) is 9.08. The molecule has 0 aromatic heterocycles. The molecule has 0 bridgehead atoms. The van der Waals surface area contributed by atoms with Crippen LogP contribution in [0, 0.1) is 17.8 Å². The lowest BCUT2D eigenvalue weighted by Gasteiger charge is -2.22. The molecule has 1 fully saturated rings. The first-order valence-corrected chi connectivity index (χ1v) is 4.18. The van der Waals surface area contributed by atoms with Gasteiger partial charge in [0.2, 0.25) is 0 Å². The van der Waals surface area contributed by atoms with Crippen LogP contribution in [0.2, 0.25) is 0 Å². The van der Waals surface area contributed by atoms with Crippen molar-refractivity contribution in [2.24, 2.45) is 11.7 Å². The molecule has 2 atom stereocenters. The van der Waals surface area contributed by atoms with E-state index in [-0.39, 0.29) is 12.0 Å². The molecule has 3 N–H and O–H groups in total. The number of hydrogen-bond donors (Lipinski definition) is 2. The summed E-state index contributed by atoms with van der Waals surface area (Å²) < 4.78 is 0. The largest absolute Gasteiger partial charge is 0.472 e. The molecule has 0 radical (unpaired) electrons. The molecular weight excluding hydrogens is 154 g/mol. The number of carboxylic acids is 1. The van der Waals surface area contributed by atoms with Gasteiger partial charge in [-0.15, -0.1) is 0 Å². The van der Waals surface area contributed by atoms with Crippen molar-refractivity contribution in [3.05, 3.63) is 0 Å². The van der Waals surface area contributed by atoms with Gasteiger partial charge < -0.3 is 10.8 Å². The Hall–Kier alpha value is -1.01. The van der Waals surface area contributed by atoms with E-state index in [1.54, 1.807) is 0 Å². The van der Waals surface area contributed by atoms with Gasteiger partial charge in [0.05, 0.1) is 0 Å². The Morgan fingerprint density at radius 3 is 2.83 bits per heavy atom. The predicted molar refractivity (Wildman–Crippen MR) is 45.3 cm³/mol. The topological polar surface area (TPSA) is 63.3 Å². The third-order valence-electron chi connectivity index (χ3n) is 2.10. The Kier molecular flexibility index (Phi) is 3.12. The summed E-state index contributed by atoms with van der Waals surface area (Å²) in [4.78, 5) is 10.1. The number of carboxylic acid groups (broad SMARTS) is 1. The zero-order chi connectivity index (χ0) is 8.97. The number of hydrogen-bond acceptors (Lipinski definition) is 2. The van der Waals surface area contributed by atoms with Gasteiger partial charge in [-0.2, -0.15) is 0 Å². The highest BCUT2D eigenvalue weighted by atomic mass is 16.4. The van der Waals surface area contributed by atoms with Crippen molar-refractivity contribution in [1.29, 1.82) is 0 Å². The van der Waals surface area contributed by atoms with Gasteiger partial charge in [-0.05, 0) is 19.3 Å². The minimum atomic E-state index is -1.05. The van der Waals surface area contributed by atoms with Crippen molar-refractivity contribution in [2.45, 2.75) is 31.7 Å². The lowest BCUT2D eigenvalue weighted by molar-refractivity contribution is -0.130. The maximum absolute atomic E-state index is 10.1. The van der Waals surface area contributed by atoms with E-state index in [4.69, 9.17) is 10.8 Å².